The molecule has 1 heterocycles. The average Bonchev–Trinajstić information content (AvgIpc) is 2.45. The Morgan fingerprint density at radius 2 is 1.59 bits per heavy atom. The van der Waals surface area contributed by atoms with Crippen molar-refractivity contribution in [2.24, 2.45) is 0 Å². The number of halogens is 6. The lowest BCUT2D eigenvalue weighted by molar-refractivity contribution is -0.140. The van der Waals surface area contributed by atoms with Gasteiger partial charge >= 0.3 is 12.4 Å². The SMILES string of the molecule is COc1ccc(-c2cccc(C(F)(F)F)c2)c(C(F)(F)F)n1. The maximum atomic E-state index is 13.0. The average molecular weight is 321 g/mol. The summed E-state index contributed by atoms with van der Waals surface area (Å²) in [5.41, 5.74) is -3.00. The summed E-state index contributed by atoms with van der Waals surface area (Å²) >= 11 is 0. The van der Waals surface area contributed by atoms with Gasteiger partial charge in [0.1, 0.15) is 0 Å². The number of benzene rings is 1. The summed E-state index contributed by atoms with van der Waals surface area (Å²) in [6.07, 6.45) is -9.47. The van der Waals surface area contributed by atoms with Crippen LogP contribution in [0.5, 0.6) is 5.88 Å². The van der Waals surface area contributed by atoms with Crippen LogP contribution >= 0.6 is 0 Å². The third-order valence-electron chi connectivity index (χ3n) is 2.85. The Hall–Kier alpha value is -2.25. The van der Waals surface area contributed by atoms with Gasteiger partial charge in [-0.2, -0.15) is 26.3 Å². The molecule has 2 nitrogen and oxygen atoms in total. The lowest BCUT2D eigenvalue weighted by atomic mass is 10.0. The highest BCUT2D eigenvalue weighted by Crippen LogP contribution is 2.38. The molecular weight excluding hydrogens is 312 g/mol. The van der Waals surface area contributed by atoms with Crippen molar-refractivity contribution in [2.75, 3.05) is 7.11 Å². The Morgan fingerprint density at radius 3 is 2.14 bits per heavy atom. The molecule has 0 bridgehead atoms. The van der Waals surface area contributed by atoms with E-state index in [9.17, 15) is 26.3 Å². The molecule has 0 aliphatic heterocycles. The molecule has 2 aromatic rings. The number of alkyl halides is 6. The highest BCUT2D eigenvalue weighted by molar-refractivity contribution is 5.67. The first-order valence-electron chi connectivity index (χ1n) is 5.93. The molecule has 0 unspecified atom stereocenters. The minimum Gasteiger partial charge on any atom is -0.481 e. The van der Waals surface area contributed by atoms with Crippen molar-refractivity contribution < 1.29 is 31.1 Å². The zero-order valence-electron chi connectivity index (χ0n) is 11.1. The van der Waals surface area contributed by atoms with Gasteiger partial charge in [0.05, 0.1) is 12.7 Å². The second kappa shape index (κ2) is 5.51. The quantitative estimate of drug-likeness (QED) is 0.742. The predicted molar refractivity (Wildman–Crippen MR) is 66.2 cm³/mol. The Balaban J connectivity index is 2.62. The minimum absolute atomic E-state index is 0.225. The van der Waals surface area contributed by atoms with Crippen LogP contribution in [0.2, 0.25) is 0 Å². The second-order valence-electron chi connectivity index (χ2n) is 4.33. The van der Waals surface area contributed by atoms with Crippen molar-refractivity contribution in [2.45, 2.75) is 12.4 Å². The summed E-state index contributed by atoms with van der Waals surface area (Å²) in [5, 5.41) is 0. The number of hydrogen-bond donors (Lipinski definition) is 0. The molecule has 1 aromatic carbocycles. The van der Waals surface area contributed by atoms with Crippen LogP contribution < -0.4 is 4.74 Å². The van der Waals surface area contributed by atoms with Crippen molar-refractivity contribution in [1.82, 2.24) is 4.98 Å². The van der Waals surface area contributed by atoms with E-state index in [4.69, 9.17) is 0 Å². The van der Waals surface area contributed by atoms with Crippen molar-refractivity contribution in [3.05, 3.63) is 47.7 Å². The number of ether oxygens (including phenoxy) is 1. The van der Waals surface area contributed by atoms with Gasteiger partial charge in [-0.05, 0) is 23.8 Å². The highest BCUT2D eigenvalue weighted by Gasteiger charge is 2.37. The Kier molecular flexibility index (Phi) is 4.04. The maximum absolute atomic E-state index is 13.0. The van der Waals surface area contributed by atoms with E-state index in [1.807, 2.05) is 0 Å². The first-order valence-corrected chi connectivity index (χ1v) is 5.93. The first kappa shape index (κ1) is 16.1. The Labute approximate surface area is 121 Å². The molecule has 0 aliphatic rings. The van der Waals surface area contributed by atoms with Crippen molar-refractivity contribution in [1.29, 1.82) is 0 Å². The van der Waals surface area contributed by atoms with Gasteiger partial charge in [-0.3, -0.25) is 0 Å². The molecule has 118 valence electrons. The van der Waals surface area contributed by atoms with Crippen molar-refractivity contribution in [3.63, 3.8) is 0 Å². The monoisotopic (exact) mass is 321 g/mol. The second-order valence-corrected chi connectivity index (χ2v) is 4.33. The fraction of sp³-hybridized carbons (Fsp3) is 0.214. The Morgan fingerprint density at radius 1 is 0.909 bits per heavy atom. The van der Waals surface area contributed by atoms with Crippen LogP contribution in [-0.4, -0.2) is 12.1 Å². The van der Waals surface area contributed by atoms with Crippen molar-refractivity contribution >= 4 is 0 Å². The molecule has 0 saturated carbocycles. The van der Waals surface area contributed by atoms with Crippen LogP contribution in [0.1, 0.15) is 11.3 Å². The smallest absolute Gasteiger partial charge is 0.434 e. The van der Waals surface area contributed by atoms with E-state index in [0.29, 0.717) is 6.07 Å². The first-order chi connectivity index (χ1) is 10.1. The van der Waals surface area contributed by atoms with Gasteiger partial charge in [0.15, 0.2) is 5.69 Å². The number of methoxy groups -OCH3 is 1. The van der Waals surface area contributed by atoms with E-state index in [1.165, 1.54) is 0 Å². The summed E-state index contributed by atoms with van der Waals surface area (Å²) in [6, 6.07) is 5.83. The molecule has 0 N–H and O–H groups in total. The van der Waals surface area contributed by atoms with Crippen LogP contribution in [0, 0.1) is 0 Å². The fourth-order valence-electron chi connectivity index (χ4n) is 1.87. The topological polar surface area (TPSA) is 22.1 Å². The van der Waals surface area contributed by atoms with Crippen LogP contribution in [0.25, 0.3) is 11.1 Å². The van der Waals surface area contributed by atoms with Crippen LogP contribution in [0.3, 0.4) is 0 Å². The van der Waals surface area contributed by atoms with E-state index < -0.39 is 29.2 Å². The zero-order chi connectivity index (χ0) is 16.5. The molecule has 0 spiro atoms. The molecule has 0 fully saturated rings. The largest absolute Gasteiger partial charge is 0.481 e. The molecule has 0 aliphatic carbocycles. The molecular formula is C14H9F6NO. The normalized spacial score (nSPS) is 12.3. The van der Waals surface area contributed by atoms with Crippen LogP contribution in [-0.2, 0) is 12.4 Å². The zero-order valence-corrected chi connectivity index (χ0v) is 11.1. The van der Waals surface area contributed by atoms with Crippen molar-refractivity contribution in [3.8, 4) is 17.0 Å². The number of rotatable bonds is 2. The molecule has 1 aromatic heterocycles. The van der Waals surface area contributed by atoms with Crippen LogP contribution in [0.4, 0.5) is 26.3 Å². The molecule has 2 rings (SSSR count). The number of nitrogens with zero attached hydrogens (tertiary/aromatic N) is 1. The summed E-state index contributed by atoms with van der Waals surface area (Å²) in [6.45, 7) is 0. The van der Waals surface area contributed by atoms with E-state index in [1.54, 1.807) is 0 Å². The molecule has 22 heavy (non-hydrogen) atoms. The molecule has 0 atom stereocenters. The van der Waals surface area contributed by atoms with Crippen LogP contribution in [0.15, 0.2) is 36.4 Å². The standard InChI is InChI=1S/C14H9F6NO/c1-22-11-6-5-10(12(21-11)14(18,19)20)8-3-2-4-9(7-8)13(15,16)17/h2-7H,1H3. The minimum atomic E-state index is -4.82. The molecule has 0 saturated heterocycles. The number of aromatic nitrogens is 1. The summed E-state index contributed by atoms with van der Waals surface area (Å²) < 4.78 is 81.8. The van der Waals surface area contributed by atoms with Gasteiger partial charge in [-0.15, -0.1) is 0 Å². The number of hydrogen-bond acceptors (Lipinski definition) is 2. The number of pyridine rings is 1. The third kappa shape index (κ3) is 3.32. The van der Waals surface area contributed by atoms with E-state index in [0.717, 1.165) is 37.4 Å². The van der Waals surface area contributed by atoms with Gasteiger partial charge < -0.3 is 4.74 Å². The summed E-state index contributed by atoms with van der Waals surface area (Å²) in [4.78, 5) is 3.30. The van der Waals surface area contributed by atoms with Gasteiger partial charge in [0, 0.05) is 11.6 Å². The predicted octanol–water partition coefficient (Wildman–Crippen LogP) is 4.79. The van der Waals surface area contributed by atoms with Gasteiger partial charge in [-0.25, -0.2) is 4.98 Å². The van der Waals surface area contributed by atoms with Gasteiger partial charge in [0.2, 0.25) is 5.88 Å². The van der Waals surface area contributed by atoms with E-state index >= 15 is 0 Å². The summed E-state index contributed by atoms with van der Waals surface area (Å²) in [7, 11) is 1.15. The fourth-order valence-corrected chi connectivity index (χ4v) is 1.87. The highest BCUT2D eigenvalue weighted by atomic mass is 19.4. The summed E-state index contributed by atoms with van der Waals surface area (Å²) in [5.74, 6) is -0.275. The van der Waals surface area contributed by atoms with Gasteiger partial charge in [-0.1, -0.05) is 12.1 Å². The Bertz CT molecular complexity index is 678. The van der Waals surface area contributed by atoms with E-state index in [-0.39, 0.29) is 11.4 Å². The molecule has 8 heteroatoms. The van der Waals surface area contributed by atoms with E-state index in [2.05, 4.69) is 9.72 Å². The maximum Gasteiger partial charge on any atom is 0.434 e. The third-order valence-corrected chi connectivity index (χ3v) is 2.85. The lowest BCUT2D eigenvalue weighted by Crippen LogP contribution is -2.11. The lowest BCUT2D eigenvalue weighted by Gasteiger charge is -2.14. The molecule has 0 amide bonds. The van der Waals surface area contributed by atoms with Gasteiger partial charge in [0.25, 0.3) is 0 Å². The molecule has 0 radical (unpaired) electrons.